The number of nitrogens with zero attached hydrogens (tertiary/aromatic N) is 2. The molecule has 0 saturated heterocycles. The lowest BCUT2D eigenvalue weighted by atomic mass is 10.1. The predicted octanol–water partition coefficient (Wildman–Crippen LogP) is 4.04. The minimum absolute atomic E-state index is 0.0462. The van der Waals surface area contributed by atoms with E-state index in [1.807, 2.05) is 0 Å². The van der Waals surface area contributed by atoms with E-state index < -0.39 is 6.43 Å². The van der Waals surface area contributed by atoms with Crippen molar-refractivity contribution in [2.45, 2.75) is 32.7 Å². The standard InChI is InChI=1S/C13H15F2N3S/c1-2-3-11-17-18-13(19-11)16-8-9-4-6-10(7-5-9)12(14)15/h4-7,12H,2-3,8H2,1H3,(H,16,18). The van der Waals surface area contributed by atoms with Gasteiger partial charge in [0, 0.05) is 18.5 Å². The number of benzene rings is 1. The highest BCUT2D eigenvalue weighted by atomic mass is 32.1. The molecule has 0 bridgehead atoms. The molecular formula is C13H15F2N3S. The second kappa shape index (κ2) is 6.56. The van der Waals surface area contributed by atoms with E-state index in [4.69, 9.17) is 0 Å². The number of aryl methyl sites for hydroxylation is 1. The van der Waals surface area contributed by atoms with E-state index in [0.29, 0.717) is 6.54 Å². The molecule has 0 unspecified atom stereocenters. The van der Waals surface area contributed by atoms with Crippen LogP contribution in [0.25, 0.3) is 0 Å². The zero-order valence-electron chi connectivity index (χ0n) is 10.6. The molecule has 0 spiro atoms. The summed E-state index contributed by atoms with van der Waals surface area (Å²) in [6.07, 6.45) is -0.437. The Kier molecular flexibility index (Phi) is 4.79. The number of rotatable bonds is 6. The van der Waals surface area contributed by atoms with Crippen molar-refractivity contribution in [2.75, 3.05) is 5.32 Å². The van der Waals surface area contributed by atoms with Crippen molar-refractivity contribution in [1.29, 1.82) is 0 Å². The van der Waals surface area contributed by atoms with Gasteiger partial charge in [0.1, 0.15) is 5.01 Å². The van der Waals surface area contributed by atoms with Gasteiger partial charge in [-0.25, -0.2) is 8.78 Å². The van der Waals surface area contributed by atoms with Gasteiger partial charge < -0.3 is 5.32 Å². The summed E-state index contributed by atoms with van der Waals surface area (Å²) in [5.41, 5.74) is 0.988. The Morgan fingerprint density at radius 2 is 1.95 bits per heavy atom. The van der Waals surface area contributed by atoms with Gasteiger partial charge in [0.15, 0.2) is 0 Å². The van der Waals surface area contributed by atoms with E-state index >= 15 is 0 Å². The number of hydrogen-bond donors (Lipinski definition) is 1. The Hall–Kier alpha value is -1.56. The first-order valence-electron chi connectivity index (χ1n) is 6.12. The lowest BCUT2D eigenvalue weighted by molar-refractivity contribution is 0.151. The maximum atomic E-state index is 12.4. The molecule has 1 N–H and O–H groups in total. The molecule has 2 aromatic rings. The van der Waals surface area contributed by atoms with Crippen LogP contribution in [0, 0.1) is 0 Å². The smallest absolute Gasteiger partial charge is 0.263 e. The molecule has 2 rings (SSSR count). The van der Waals surface area contributed by atoms with Gasteiger partial charge in [0.2, 0.25) is 5.13 Å². The van der Waals surface area contributed by atoms with E-state index in [2.05, 4.69) is 22.4 Å². The lowest BCUT2D eigenvalue weighted by Crippen LogP contribution is -1.99. The molecule has 102 valence electrons. The number of alkyl halides is 2. The number of nitrogens with one attached hydrogen (secondary N) is 1. The summed E-state index contributed by atoms with van der Waals surface area (Å²) >= 11 is 1.53. The van der Waals surface area contributed by atoms with Crippen molar-refractivity contribution in [2.24, 2.45) is 0 Å². The Morgan fingerprint density at radius 3 is 2.58 bits per heavy atom. The molecule has 0 atom stereocenters. The number of anilines is 1. The van der Waals surface area contributed by atoms with Gasteiger partial charge in [0.25, 0.3) is 6.43 Å². The first kappa shape index (κ1) is 13.9. The van der Waals surface area contributed by atoms with Gasteiger partial charge in [-0.2, -0.15) is 0 Å². The maximum absolute atomic E-state index is 12.4. The van der Waals surface area contributed by atoms with Gasteiger partial charge in [-0.1, -0.05) is 42.5 Å². The molecule has 19 heavy (non-hydrogen) atoms. The van der Waals surface area contributed by atoms with Gasteiger partial charge >= 0.3 is 0 Å². The second-order valence-corrected chi connectivity index (χ2v) is 5.21. The van der Waals surface area contributed by atoms with E-state index in [1.54, 1.807) is 12.1 Å². The summed E-state index contributed by atoms with van der Waals surface area (Å²) < 4.78 is 24.8. The summed E-state index contributed by atoms with van der Waals surface area (Å²) in [7, 11) is 0. The van der Waals surface area contributed by atoms with Gasteiger partial charge in [-0.05, 0) is 12.0 Å². The molecule has 3 nitrogen and oxygen atoms in total. The first-order chi connectivity index (χ1) is 9.19. The van der Waals surface area contributed by atoms with Gasteiger partial charge in [-0.3, -0.25) is 0 Å². The molecular weight excluding hydrogens is 268 g/mol. The van der Waals surface area contributed by atoms with E-state index in [9.17, 15) is 8.78 Å². The fourth-order valence-corrected chi connectivity index (χ4v) is 2.44. The number of aromatic nitrogens is 2. The highest BCUT2D eigenvalue weighted by Crippen LogP contribution is 2.20. The van der Waals surface area contributed by atoms with Crippen LogP contribution in [0.15, 0.2) is 24.3 Å². The van der Waals surface area contributed by atoms with Gasteiger partial charge in [0.05, 0.1) is 0 Å². The normalized spacial score (nSPS) is 10.9. The molecule has 0 fully saturated rings. The maximum Gasteiger partial charge on any atom is 0.263 e. The minimum Gasteiger partial charge on any atom is -0.356 e. The third-order valence-electron chi connectivity index (χ3n) is 2.61. The molecule has 6 heteroatoms. The Bertz CT molecular complexity index is 511. The lowest BCUT2D eigenvalue weighted by Gasteiger charge is -2.04. The van der Waals surface area contributed by atoms with E-state index in [0.717, 1.165) is 28.5 Å². The second-order valence-electron chi connectivity index (χ2n) is 4.15. The SMILES string of the molecule is CCCc1nnc(NCc2ccc(C(F)F)cc2)s1. The van der Waals surface area contributed by atoms with Crippen LogP contribution in [-0.4, -0.2) is 10.2 Å². The predicted molar refractivity (Wildman–Crippen MR) is 72.6 cm³/mol. The molecule has 0 radical (unpaired) electrons. The summed E-state index contributed by atoms with van der Waals surface area (Å²) in [5.74, 6) is 0. The fraction of sp³-hybridized carbons (Fsp3) is 0.385. The van der Waals surface area contributed by atoms with Crippen LogP contribution < -0.4 is 5.32 Å². The van der Waals surface area contributed by atoms with Crippen LogP contribution in [0.2, 0.25) is 0 Å². The van der Waals surface area contributed by atoms with Crippen LogP contribution in [-0.2, 0) is 13.0 Å². The average Bonchev–Trinajstić information content (AvgIpc) is 2.85. The van der Waals surface area contributed by atoms with Crippen LogP contribution in [0.5, 0.6) is 0 Å². The van der Waals surface area contributed by atoms with Crippen molar-refractivity contribution in [3.05, 3.63) is 40.4 Å². The Labute approximate surface area is 114 Å². The van der Waals surface area contributed by atoms with Crippen molar-refractivity contribution in [1.82, 2.24) is 10.2 Å². The van der Waals surface area contributed by atoms with Crippen molar-refractivity contribution in [3.63, 3.8) is 0 Å². The quantitative estimate of drug-likeness (QED) is 0.869. The summed E-state index contributed by atoms with van der Waals surface area (Å²) in [5, 5.41) is 13.0. The Morgan fingerprint density at radius 1 is 1.21 bits per heavy atom. The summed E-state index contributed by atoms with van der Waals surface area (Å²) in [4.78, 5) is 0. The van der Waals surface area contributed by atoms with Gasteiger partial charge in [-0.15, -0.1) is 10.2 Å². The topological polar surface area (TPSA) is 37.8 Å². The highest BCUT2D eigenvalue weighted by Gasteiger charge is 2.06. The highest BCUT2D eigenvalue weighted by molar-refractivity contribution is 7.15. The largest absolute Gasteiger partial charge is 0.356 e. The third-order valence-corrected chi connectivity index (χ3v) is 3.55. The molecule has 1 aromatic carbocycles. The van der Waals surface area contributed by atoms with Crippen LogP contribution in [0.3, 0.4) is 0 Å². The monoisotopic (exact) mass is 283 g/mol. The molecule has 0 amide bonds. The molecule has 1 heterocycles. The van der Waals surface area contributed by atoms with E-state index in [1.165, 1.54) is 23.5 Å². The minimum atomic E-state index is -2.42. The average molecular weight is 283 g/mol. The Balaban J connectivity index is 1.90. The van der Waals surface area contributed by atoms with Crippen LogP contribution in [0.1, 0.15) is 35.9 Å². The summed E-state index contributed by atoms with van der Waals surface area (Å²) in [6, 6.07) is 6.29. The first-order valence-corrected chi connectivity index (χ1v) is 6.94. The molecule has 0 aliphatic heterocycles. The molecule has 0 saturated carbocycles. The van der Waals surface area contributed by atoms with Crippen molar-refractivity contribution in [3.8, 4) is 0 Å². The number of halogens is 2. The molecule has 0 aliphatic rings. The summed E-state index contributed by atoms with van der Waals surface area (Å²) in [6.45, 7) is 2.66. The molecule has 1 aromatic heterocycles. The zero-order chi connectivity index (χ0) is 13.7. The molecule has 0 aliphatic carbocycles. The van der Waals surface area contributed by atoms with Crippen molar-refractivity contribution >= 4 is 16.5 Å². The van der Waals surface area contributed by atoms with Crippen LogP contribution >= 0.6 is 11.3 Å². The van der Waals surface area contributed by atoms with Crippen molar-refractivity contribution < 1.29 is 8.78 Å². The fourth-order valence-electron chi connectivity index (χ4n) is 1.60. The third kappa shape index (κ3) is 3.96. The zero-order valence-corrected chi connectivity index (χ0v) is 11.4. The van der Waals surface area contributed by atoms with Crippen LogP contribution in [0.4, 0.5) is 13.9 Å². The number of hydrogen-bond acceptors (Lipinski definition) is 4. The van der Waals surface area contributed by atoms with E-state index in [-0.39, 0.29) is 5.56 Å².